The van der Waals surface area contributed by atoms with Crippen LogP contribution >= 0.6 is 11.3 Å². The Labute approximate surface area is 153 Å². The van der Waals surface area contributed by atoms with Crippen molar-refractivity contribution in [1.29, 1.82) is 0 Å². The van der Waals surface area contributed by atoms with Crippen molar-refractivity contribution in [3.8, 4) is 11.4 Å². The number of amides is 1. The van der Waals surface area contributed by atoms with Crippen LogP contribution in [0.2, 0.25) is 0 Å². The van der Waals surface area contributed by atoms with Gasteiger partial charge >= 0.3 is 11.4 Å². The Morgan fingerprint density at radius 2 is 1.81 bits per heavy atom. The number of para-hydroxylation sites is 1. The number of carbonyl (C=O) groups excluding carboxylic acids is 1. The summed E-state index contributed by atoms with van der Waals surface area (Å²) in [6.45, 7) is 2.00. The molecule has 1 amide bonds. The average molecular weight is 362 g/mol. The van der Waals surface area contributed by atoms with E-state index in [9.17, 15) is 9.59 Å². The molecular weight excluding hydrogens is 346 g/mol. The average Bonchev–Trinajstić information content (AvgIpc) is 3.19. The van der Waals surface area contributed by atoms with Crippen molar-refractivity contribution in [3.63, 3.8) is 0 Å². The highest BCUT2D eigenvalue weighted by Gasteiger charge is 2.22. The molecule has 0 saturated carbocycles. The maximum absolute atomic E-state index is 13.0. The molecule has 0 bridgehead atoms. The van der Waals surface area contributed by atoms with Crippen LogP contribution in [0, 0.1) is 6.92 Å². The van der Waals surface area contributed by atoms with E-state index in [0.29, 0.717) is 16.1 Å². The van der Waals surface area contributed by atoms with Crippen LogP contribution in [0.15, 0.2) is 70.8 Å². The summed E-state index contributed by atoms with van der Waals surface area (Å²) < 4.78 is 1.29. The van der Waals surface area contributed by atoms with Crippen LogP contribution in [0.4, 0.5) is 0 Å². The van der Waals surface area contributed by atoms with Gasteiger partial charge in [0.05, 0.1) is 10.4 Å². The van der Waals surface area contributed by atoms with Crippen molar-refractivity contribution in [2.75, 3.05) is 5.43 Å². The highest BCUT2D eigenvalue weighted by molar-refractivity contribution is 7.12. The van der Waals surface area contributed by atoms with Gasteiger partial charge in [0.15, 0.2) is 0 Å². The van der Waals surface area contributed by atoms with E-state index in [2.05, 4.69) is 10.4 Å². The van der Waals surface area contributed by atoms with E-state index in [0.717, 1.165) is 16.6 Å². The molecule has 0 spiro atoms. The van der Waals surface area contributed by atoms with Gasteiger partial charge in [-0.1, -0.05) is 40.6 Å². The van der Waals surface area contributed by atoms with Gasteiger partial charge in [-0.25, -0.2) is 9.78 Å². The molecule has 0 fully saturated rings. The molecule has 128 valence electrons. The number of carbonyl (C=O) groups is 1. The number of benzene rings is 2. The molecule has 4 rings (SSSR count). The predicted octanol–water partition coefficient (Wildman–Crippen LogP) is 3.24. The first-order valence-electron chi connectivity index (χ1n) is 8.12. The smallest absolute Gasteiger partial charge is 0.265 e. The molecule has 2 aromatic carbocycles. The summed E-state index contributed by atoms with van der Waals surface area (Å²) in [4.78, 5) is 29.4. The Kier molecular flexibility index (Phi) is 4.10. The molecule has 0 atom stereocenters. The summed E-state index contributed by atoms with van der Waals surface area (Å²) in [5.41, 5.74) is 5.10. The van der Waals surface area contributed by atoms with Crippen molar-refractivity contribution >= 4 is 28.1 Å². The lowest BCUT2D eigenvalue weighted by atomic mass is 10.1. The SMILES string of the molecule is Cc1ccc(-c2[nH+]c3ccccc3c(=O)n2NC(=O)c2cccs2)cc1. The van der Waals surface area contributed by atoms with Gasteiger partial charge in [-0.15, -0.1) is 11.3 Å². The minimum atomic E-state index is -0.320. The van der Waals surface area contributed by atoms with Gasteiger partial charge in [0.25, 0.3) is 5.91 Å². The van der Waals surface area contributed by atoms with E-state index in [1.807, 2.05) is 48.7 Å². The lowest BCUT2D eigenvalue weighted by Gasteiger charge is -2.07. The molecule has 26 heavy (non-hydrogen) atoms. The molecule has 6 heteroatoms. The molecule has 0 aliphatic heterocycles. The molecule has 2 heterocycles. The van der Waals surface area contributed by atoms with Crippen LogP contribution in [-0.4, -0.2) is 10.6 Å². The second-order valence-electron chi connectivity index (χ2n) is 5.94. The van der Waals surface area contributed by atoms with Crippen molar-refractivity contribution in [2.24, 2.45) is 0 Å². The summed E-state index contributed by atoms with van der Waals surface area (Å²) in [5, 5.41) is 2.33. The summed E-state index contributed by atoms with van der Waals surface area (Å²) in [6.07, 6.45) is 0. The maximum atomic E-state index is 13.0. The quantitative estimate of drug-likeness (QED) is 0.608. The third-order valence-electron chi connectivity index (χ3n) is 4.12. The number of hydrogen-bond donors (Lipinski definition) is 1. The van der Waals surface area contributed by atoms with Gasteiger partial charge in [-0.05, 0) is 42.6 Å². The number of thiophene rings is 1. The highest BCUT2D eigenvalue weighted by atomic mass is 32.1. The highest BCUT2D eigenvalue weighted by Crippen LogP contribution is 2.16. The van der Waals surface area contributed by atoms with E-state index in [1.54, 1.807) is 24.3 Å². The number of nitrogens with zero attached hydrogens (tertiary/aromatic N) is 1. The Morgan fingerprint density at radius 3 is 2.54 bits per heavy atom. The number of aromatic amines is 1. The number of aryl methyl sites for hydroxylation is 1. The van der Waals surface area contributed by atoms with Crippen molar-refractivity contribution < 1.29 is 9.78 Å². The normalized spacial score (nSPS) is 10.8. The van der Waals surface area contributed by atoms with Gasteiger partial charge in [0.2, 0.25) is 0 Å². The third kappa shape index (κ3) is 2.91. The number of H-pyrrole nitrogens is 1. The third-order valence-corrected chi connectivity index (χ3v) is 4.99. The van der Waals surface area contributed by atoms with Crippen LogP contribution < -0.4 is 16.0 Å². The Balaban J connectivity index is 1.92. The van der Waals surface area contributed by atoms with E-state index in [-0.39, 0.29) is 11.5 Å². The first-order valence-corrected chi connectivity index (χ1v) is 9.00. The van der Waals surface area contributed by atoms with Crippen LogP contribution in [0.3, 0.4) is 0 Å². The fourth-order valence-electron chi connectivity index (χ4n) is 2.77. The van der Waals surface area contributed by atoms with Gasteiger partial charge in [0, 0.05) is 0 Å². The van der Waals surface area contributed by atoms with Gasteiger partial charge in [0.1, 0.15) is 10.9 Å². The van der Waals surface area contributed by atoms with Gasteiger partial charge in [-0.3, -0.25) is 4.79 Å². The zero-order chi connectivity index (χ0) is 18.1. The minimum absolute atomic E-state index is 0.278. The molecule has 5 nitrogen and oxygen atoms in total. The Morgan fingerprint density at radius 1 is 1.04 bits per heavy atom. The number of nitrogens with one attached hydrogen (secondary N) is 2. The first-order chi connectivity index (χ1) is 12.6. The largest absolute Gasteiger partial charge is 0.369 e. The Hall–Kier alpha value is -3.25. The summed E-state index contributed by atoms with van der Waals surface area (Å²) in [5.74, 6) is 0.206. The molecule has 2 aromatic heterocycles. The number of hydrogen-bond acceptors (Lipinski definition) is 3. The second kappa shape index (κ2) is 6.57. The second-order valence-corrected chi connectivity index (χ2v) is 6.89. The van der Waals surface area contributed by atoms with Crippen molar-refractivity contribution in [3.05, 3.63) is 86.8 Å². The minimum Gasteiger partial charge on any atom is -0.265 e. The maximum Gasteiger partial charge on any atom is 0.369 e. The summed E-state index contributed by atoms with van der Waals surface area (Å²) in [7, 11) is 0. The predicted molar refractivity (Wildman–Crippen MR) is 103 cm³/mol. The standard InChI is InChI=1S/C20H15N3O2S/c1-13-8-10-14(11-9-13)18-21-16-6-3-2-5-15(16)20(25)23(18)22-19(24)17-7-4-12-26-17/h2-12H,1H3,(H,22,24)/p+1. The molecular formula is C20H16N3O2S+. The van der Waals surface area contributed by atoms with E-state index in [4.69, 9.17) is 0 Å². The van der Waals surface area contributed by atoms with E-state index < -0.39 is 0 Å². The van der Waals surface area contributed by atoms with Crippen LogP contribution in [0.25, 0.3) is 22.3 Å². The van der Waals surface area contributed by atoms with Crippen LogP contribution in [0.1, 0.15) is 15.2 Å². The molecule has 0 saturated heterocycles. The number of rotatable bonds is 3. The van der Waals surface area contributed by atoms with E-state index >= 15 is 0 Å². The molecule has 0 unspecified atom stereocenters. The molecule has 0 aliphatic rings. The molecule has 0 aliphatic carbocycles. The van der Waals surface area contributed by atoms with Crippen molar-refractivity contribution in [2.45, 2.75) is 6.92 Å². The first kappa shape index (κ1) is 16.2. The fraction of sp³-hybridized carbons (Fsp3) is 0.0500. The van der Waals surface area contributed by atoms with E-state index in [1.165, 1.54) is 16.0 Å². The van der Waals surface area contributed by atoms with Crippen LogP contribution in [-0.2, 0) is 0 Å². The topological polar surface area (TPSA) is 65.2 Å². The lowest BCUT2D eigenvalue weighted by molar-refractivity contribution is -0.337. The van der Waals surface area contributed by atoms with Gasteiger partial charge in [-0.2, -0.15) is 5.43 Å². The molecule has 2 N–H and O–H groups in total. The Bertz CT molecular complexity index is 1150. The molecule has 0 radical (unpaired) electrons. The molecule has 4 aromatic rings. The fourth-order valence-corrected chi connectivity index (χ4v) is 3.38. The van der Waals surface area contributed by atoms with Crippen LogP contribution in [0.5, 0.6) is 0 Å². The zero-order valence-electron chi connectivity index (χ0n) is 14.0. The monoisotopic (exact) mass is 362 g/mol. The number of aromatic nitrogens is 2. The summed E-state index contributed by atoms with van der Waals surface area (Å²) in [6, 6.07) is 18.5. The van der Waals surface area contributed by atoms with Gasteiger partial charge < -0.3 is 0 Å². The summed E-state index contributed by atoms with van der Waals surface area (Å²) >= 11 is 1.33. The number of fused-ring (bicyclic) bond motifs is 1. The lowest BCUT2D eigenvalue weighted by Crippen LogP contribution is -2.38. The zero-order valence-corrected chi connectivity index (χ0v) is 14.8. The van der Waals surface area contributed by atoms with Crippen molar-refractivity contribution in [1.82, 2.24) is 4.68 Å².